The summed E-state index contributed by atoms with van der Waals surface area (Å²) >= 11 is 0.419. The van der Waals surface area contributed by atoms with E-state index in [1.807, 2.05) is 49.6 Å². The molecular formula is C14H17OS2+. The smallest absolute Gasteiger partial charge is 0.168 e. The van der Waals surface area contributed by atoms with Gasteiger partial charge in [0.15, 0.2) is 16.1 Å². The van der Waals surface area contributed by atoms with Crippen molar-refractivity contribution in [1.29, 1.82) is 0 Å². The fraction of sp³-hybridized carbons (Fsp3) is 0.286. The van der Waals surface area contributed by atoms with Gasteiger partial charge in [-0.2, -0.15) is 4.18 Å². The van der Waals surface area contributed by atoms with Crippen molar-refractivity contribution in [2.24, 2.45) is 0 Å². The molecule has 17 heavy (non-hydrogen) atoms. The van der Waals surface area contributed by atoms with Crippen LogP contribution in [0, 0.1) is 0 Å². The maximum absolute atomic E-state index is 7.75. The summed E-state index contributed by atoms with van der Waals surface area (Å²) < 4.78 is 28.8. The zero-order valence-corrected chi connectivity index (χ0v) is 11.5. The van der Waals surface area contributed by atoms with Crippen LogP contribution in [0.25, 0.3) is 10.8 Å². The van der Waals surface area contributed by atoms with Gasteiger partial charge in [-0.05, 0) is 30.7 Å². The predicted molar refractivity (Wildman–Crippen MR) is 78.9 cm³/mol. The third-order valence-electron chi connectivity index (χ3n) is 2.48. The summed E-state index contributed by atoms with van der Waals surface area (Å²) in [6, 6.07) is 11.8. The summed E-state index contributed by atoms with van der Waals surface area (Å²) in [5, 5.41) is 2.05. The van der Waals surface area contributed by atoms with Crippen molar-refractivity contribution in [3.63, 3.8) is 0 Å². The van der Waals surface area contributed by atoms with Gasteiger partial charge in [0.05, 0.1) is 9.50 Å². The van der Waals surface area contributed by atoms with Gasteiger partial charge in [0.25, 0.3) is 0 Å². The minimum atomic E-state index is -2.14. The van der Waals surface area contributed by atoms with Crippen LogP contribution in [0.3, 0.4) is 0 Å². The lowest BCUT2D eigenvalue weighted by molar-refractivity contribution is 0.390. The van der Waals surface area contributed by atoms with Crippen LogP contribution in [-0.4, -0.2) is 19.0 Å². The van der Waals surface area contributed by atoms with Crippen LogP contribution in [-0.2, 0) is 15.4 Å². The van der Waals surface area contributed by atoms with Gasteiger partial charge in [-0.25, -0.2) is 0 Å². The van der Waals surface area contributed by atoms with Crippen LogP contribution in [0.1, 0.15) is 11.0 Å². The Morgan fingerprint density at radius 2 is 2.06 bits per heavy atom. The molecule has 90 valence electrons. The largest absolute Gasteiger partial charge is 0.198 e. The highest BCUT2D eigenvalue weighted by Gasteiger charge is 2.21. The minimum Gasteiger partial charge on any atom is -0.168 e. The summed E-state index contributed by atoms with van der Waals surface area (Å²) in [5.41, 5.74) is 0. The lowest BCUT2D eigenvalue weighted by Crippen LogP contribution is -2.05. The van der Waals surface area contributed by atoms with Gasteiger partial charge in [0.2, 0.25) is 0 Å². The first kappa shape index (κ1) is 9.31. The van der Waals surface area contributed by atoms with E-state index in [-0.39, 0.29) is 0 Å². The number of benzene rings is 2. The lowest BCUT2D eigenvalue weighted by Gasteiger charge is -2.07. The molecule has 0 saturated heterocycles. The number of hydrogen-bond donors (Lipinski definition) is 0. The van der Waals surface area contributed by atoms with Crippen LogP contribution in [0.5, 0.6) is 0 Å². The van der Waals surface area contributed by atoms with Crippen LogP contribution < -0.4 is 0 Å². The first-order valence-electron chi connectivity index (χ1n) is 6.92. The van der Waals surface area contributed by atoms with E-state index >= 15 is 0 Å². The average Bonchev–Trinajstić information content (AvgIpc) is 2.42. The maximum Gasteiger partial charge on any atom is 0.198 e. The van der Waals surface area contributed by atoms with E-state index in [4.69, 9.17) is 8.30 Å². The molecule has 0 bridgehead atoms. The Hall–Kier alpha value is -0.640. The third kappa shape index (κ3) is 2.62. The Kier molecular flexibility index (Phi) is 3.18. The molecular weight excluding hydrogens is 248 g/mol. The quantitative estimate of drug-likeness (QED) is 0.609. The van der Waals surface area contributed by atoms with Crippen molar-refractivity contribution in [1.82, 2.24) is 0 Å². The van der Waals surface area contributed by atoms with E-state index in [1.165, 1.54) is 0 Å². The Balaban J connectivity index is 2.69. The molecule has 0 aromatic heterocycles. The van der Waals surface area contributed by atoms with Crippen LogP contribution in [0.2, 0.25) is 0 Å². The molecule has 0 aliphatic carbocycles. The third-order valence-corrected chi connectivity index (χ3v) is 4.47. The van der Waals surface area contributed by atoms with Gasteiger partial charge < -0.3 is 0 Å². The Morgan fingerprint density at radius 3 is 2.71 bits per heavy atom. The molecule has 0 heterocycles. The van der Waals surface area contributed by atoms with E-state index in [1.54, 1.807) is 11.8 Å². The zero-order chi connectivity index (χ0) is 14.8. The van der Waals surface area contributed by atoms with E-state index in [0.29, 0.717) is 6.61 Å². The second-order valence-corrected chi connectivity index (χ2v) is 5.55. The number of fused-ring (bicyclic) bond motifs is 1. The zero-order valence-electron chi connectivity index (χ0n) is 12.9. The van der Waals surface area contributed by atoms with E-state index < -0.39 is 17.4 Å². The summed E-state index contributed by atoms with van der Waals surface area (Å²) in [6.07, 6.45) is -0.143. The fourth-order valence-electron chi connectivity index (χ4n) is 1.78. The standard InChI is InChI=1S/C14H17OS2/c1-4-15-17(3)13-10-6-8-11-7-5-9-12(16-2)14(11)13/h5-10H,4H2,1-3H3/q+1/i3D3. The molecule has 0 spiro atoms. The SMILES string of the molecule is [2H]C([2H])([2H])[S+](OCC)c1cccc2cccc(SC)c12. The van der Waals surface area contributed by atoms with Gasteiger partial charge in [0, 0.05) is 4.90 Å². The maximum atomic E-state index is 7.75. The molecule has 2 rings (SSSR count). The van der Waals surface area contributed by atoms with Crippen molar-refractivity contribution in [2.45, 2.75) is 16.7 Å². The second-order valence-electron chi connectivity index (χ2n) is 3.49. The van der Waals surface area contributed by atoms with Crippen LogP contribution in [0.15, 0.2) is 46.2 Å². The monoisotopic (exact) mass is 268 g/mol. The van der Waals surface area contributed by atoms with Crippen molar-refractivity contribution in [3.8, 4) is 0 Å². The van der Waals surface area contributed by atoms with Crippen molar-refractivity contribution >= 4 is 33.7 Å². The molecule has 0 radical (unpaired) electrons. The molecule has 1 atom stereocenters. The second kappa shape index (κ2) is 5.80. The van der Waals surface area contributed by atoms with Gasteiger partial charge in [0.1, 0.15) is 12.8 Å². The van der Waals surface area contributed by atoms with Gasteiger partial charge in [-0.15, -0.1) is 11.8 Å². The molecule has 0 aliphatic rings. The topological polar surface area (TPSA) is 9.23 Å². The molecule has 1 unspecified atom stereocenters. The Labute approximate surface area is 114 Å². The van der Waals surface area contributed by atoms with Crippen molar-refractivity contribution in [2.75, 3.05) is 19.0 Å². The fourth-order valence-corrected chi connectivity index (χ4v) is 3.47. The highest BCUT2D eigenvalue weighted by molar-refractivity contribution is 7.99. The summed E-state index contributed by atoms with van der Waals surface area (Å²) in [4.78, 5) is 1.86. The number of rotatable bonds is 4. The van der Waals surface area contributed by atoms with Crippen molar-refractivity contribution in [3.05, 3.63) is 36.4 Å². The summed E-state index contributed by atoms with van der Waals surface area (Å²) in [5.74, 6) is 0. The number of thioether (sulfide) groups is 1. The molecule has 0 amide bonds. The van der Waals surface area contributed by atoms with Crippen LogP contribution in [0.4, 0.5) is 0 Å². The first-order valence-corrected chi connectivity index (χ1v) is 7.80. The minimum absolute atomic E-state index is 0.388. The predicted octanol–water partition coefficient (Wildman–Crippen LogP) is 4.12. The molecule has 2 aromatic rings. The molecule has 3 heteroatoms. The molecule has 0 saturated carbocycles. The van der Waals surface area contributed by atoms with Gasteiger partial charge >= 0.3 is 0 Å². The normalized spacial score (nSPS) is 16.2. The first-order chi connectivity index (χ1) is 9.49. The Morgan fingerprint density at radius 1 is 1.29 bits per heavy atom. The summed E-state index contributed by atoms with van der Waals surface area (Å²) in [7, 11) is 0. The van der Waals surface area contributed by atoms with Crippen LogP contribution >= 0.6 is 11.8 Å². The molecule has 1 nitrogen and oxygen atoms in total. The highest BCUT2D eigenvalue weighted by atomic mass is 32.2. The molecule has 0 fully saturated rings. The van der Waals surface area contributed by atoms with E-state index in [9.17, 15) is 0 Å². The Bertz CT molecular complexity index is 593. The van der Waals surface area contributed by atoms with Crippen molar-refractivity contribution < 1.29 is 8.30 Å². The number of hydrogen-bond acceptors (Lipinski definition) is 2. The summed E-state index contributed by atoms with van der Waals surface area (Å²) in [6.45, 7) is 2.21. The highest BCUT2D eigenvalue weighted by Crippen LogP contribution is 2.32. The molecule has 0 aliphatic heterocycles. The van der Waals surface area contributed by atoms with Gasteiger partial charge in [-0.3, -0.25) is 0 Å². The van der Waals surface area contributed by atoms with Gasteiger partial charge in [-0.1, -0.05) is 24.3 Å². The molecule has 2 aromatic carbocycles. The lowest BCUT2D eigenvalue weighted by atomic mass is 10.1. The van der Waals surface area contributed by atoms with E-state index in [2.05, 4.69) is 0 Å². The van der Waals surface area contributed by atoms with E-state index in [0.717, 1.165) is 20.6 Å². The average molecular weight is 268 g/mol. The molecule has 0 N–H and O–H groups in total.